The first kappa shape index (κ1) is 8.89. The van der Waals surface area contributed by atoms with Crippen LogP contribution in [0.15, 0.2) is 23.8 Å². The Morgan fingerprint density at radius 2 is 2.50 bits per heavy atom. The third-order valence-corrected chi connectivity index (χ3v) is 2.41. The number of hydrogen-bond acceptors (Lipinski definition) is 4. The fourth-order valence-electron chi connectivity index (χ4n) is 0.974. The van der Waals surface area contributed by atoms with Crippen molar-refractivity contribution >= 4 is 17.2 Å². The summed E-state index contributed by atoms with van der Waals surface area (Å²) < 4.78 is 0. The van der Waals surface area contributed by atoms with Crippen LogP contribution < -0.4 is 5.32 Å². The Bertz CT molecular complexity index is 395. The van der Waals surface area contributed by atoms with E-state index in [-0.39, 0.29) is 5.91 Å². The average molecular weight is 208 g/mol. The summed E-state index contributed by atoms with van der Waals surface area (Å²) in [6.07, 6.45) is 3.25. The van der Waals surface area contributed by atoms with Crippen molar-refractivity contribution in [3.63, 3.8) is 0 Å². The molecule has 2 N–H and O–H groups in total. The van der Waals surface area contributed by atoms with Crippen LogP contribution in [-0.4, -0.2) is 21.1 Å². The van der Waals surface area contributed by atoms with Gasteiger partial charge >= 0.3 is 0 Å². The van der Waals surface area contributed by atoms with E-state index in [9.17, 15) is 4.79 Å². The molecular formula is C8H8N4OS. The number of aromatic amines is 1. The highest BCUT2D eigenvalue weighted by molar-refractivity contribution is 7.09. The summed E-state index contributed by atoms with van der Waals surface area (Å²) in [5, 5.41) is 11.8. The smallest absolute Gasteiger partial charge is 0.269 e. The molecule has 0 fully saturated rings. The molecule has 0 radical (unpaired) electrons. The minimum Gasteiger partial charge on any atom is -0.344 e. The number of nitrogens with zero attached hydrogens (tertiary/aromatic N) is 2. The predicted molar refractivity (Wildman–Crippen MR) is 51.9 cm³/mol. The zero-order valence-electron chi connectivity index (χ0n) is 7.23. The molecule has 6 heteroatoms. The van der Waals surface area contributed by atoms with Gasteiger partial charge in [-0.05, 0) is 6.07 Å². The standard InChI is InChI=1S/C8H8N4OS/c13-8(6-1-2-11-12-6)10-5-7-9-3-4-14-7/h1-4H,5H2,(H,10,13)(H,11,12). The summed E-state index contributed by atoms with van der Waals surface area (Å²) in [5.41, 5.74) is 0.460. The number of aromatic nitrogens is 3. The van der Waals surface area contributed by atoms with Gasteiger partial charge in [-0.15, -0.1) is 11.3 Å². The van der Waals surface area contributed by atoms with Crippen molar-refractivity contribution in [2.75, 3.05) is 0 Å². The van der Waals surface area contributed by atoms with Crippen LogP contribution in [0.25, 0.3) is 0 Å². The molecule has 2 heterocycles. The van der Waals surface area contributed by atoms with Crippen LogP contribution >= 0.6 is 11.3 Å². The molecule has 72 valence electrons. The summed E-state index contributed by atoms with van der Waals surface area (Å²) in [7, 11) is 0. The number of carbonyl (C=O) groups is 1. The van der Waals surface area contributed by atoms with Gasteiger partial charge in [-0.1, -0.05) is 0 Å². The van der Waals surface area contributed by atoms with E-state index in [1.807, 2.05) is 5.38 Å². The van der Waals surface area contributed by atoms with E-state index in [1.165, 1.54) is 17.5 Å². The second-order valence-corrected chi connectivity index (χ2v) is 3.56. The first-order valence-electron chi connectivity index (χ1n) is 4.02. The van der Waals surface area contributed by atoms with Crippen molar-refractivity contribution in [2.45, 2.75) is 6.54 Å². The molecule has 2 rings (SSSR count). The van der Waals surface area contributed by atoms with Crippen molar-refractivity contribution in [2.24, 2.45) is 0 Å². The van der Waals surface area contributed by atoms with Crippen LogP contribution in [0.1, 0.15) is 15.5 Å². The van der Waals surface area contributed by atoms with Crippen LogP contribution in [0.2, 0.25) is 0 Å². The molecule has 0 unspecified atom stereocenters. The molecule has 0 aliphatic carbocycles. The van der Waals surface area contributed by atoms with Crippen molar-refractivity contribution in [3.8, 4) is 0 Å². The predicted octanol–water partition coefficient (Wildman–Crippen LogP) is 0.796. The van der Waals surface area contributed by atoms with Crippen LogP contribution in [0.5, 0.6) is 0 Å². The lowest BCUT2D eigenvalue weighted by Gasteiger charge is -1.99. The normalized spacial score (nSPS) is 10.0. The molecule has 14 heavy (non-hydrogen) atoms. The molecule has 0 atom stereocenters. The maximum absolute atomic E-state index is 11.4. The van der Waals surface area contributed by atoms with Gasteiger partial charge < -0.3 is 5.32 Å². The van der Waals surface area contributed by atoms with Gasteiger partial charge in [-0.25, -0.2) is 4.98 Å². The molecule has 0 spiro atoms. The molecule has 5 nitrogen and oxygen atoms in total. The molecule has 0 aromatic carbocycles. The summed E-state index contributed by atoms with van der Waals surface area (Å²) >= 11 is 1.51. The van der Waals surface area contributed by atoms with Crippen LogP contribution in [0, 0.1) is 0 Å². The topological polar surface area (TPSA) is 70.7 Å². The maximum Gasteiger partial charge on any atom is 0.269 e. The van der Waals surface area contributed by atoms with Crippen molar-refractivity contribution in [3.05, 3.63) is 34.5 Å². The summed E-state index contributed by atoms with van der Waals surface area (Å²) in [6, 6.07) is 1.62. The monoisotopic (exact) mass is 208 g/mol. The second-order valence-electron chi connectivity index (χ2n) is 2.58. The number of rotatable bonds is 3. The fourth-order valence-corrected chi connectivity index (χ4v) is 1.53. The molecule has 0 saturated carbocycles. The molecule has 1 amide bonds. The highest BCUT2D eigenvalue weighted by atomic mass is 32.1. The lowest BCUT2D eigenvalue weighted by molar-refractivity contribution is 0.0946. The largest absolute Gasteiger partial charge is 0.344 e. The minimum atomic E-state index is -0.169. The van der Waals surface area contributed by atoms with E-state index in [1.54, 1.807) is 12.3 Å². The molecule has 0 aliphatic heterocycles. The van der Waals surface area contributed by atoms with Gasteiger partial charge in [-0.2, -0.15) is 5.10 Å². The van der Waals surface area contributed by atoms with Gasteiger partial charge in [0.05, 0.1) is 6.54 Å². The summed E-state index contributed by atoms with van der Waals surface area (Å²) in [4.78, 5) is 15.4. The average Bonchev–Trinajstić information content (AvgIpc) is 2.87. The first-order chi connectivity index (χ1) is 6.86. The van der Waals surface area contributed by atoms with Crippen LogP contribution in [-0.2, 0) is 6.54 Å². The van der Waals surface area contributed by atoms with Crippen molar-refractivity contribution < 1.29 is 4.79 Å². The third kappa shape index (κ3) is 1.97. The van der Waals surface area contributed by atoms with E-state index in [2.05, 4.69) is 20.5 Å². The van der Waals surface area contributed by atoms with Gasteiger partial charge in [0.2, 0.25) is 0 Å². The quantitative estimate of drug-likeness (QED) is 0.783. The zero-order valence-corrected chi connectivity index (χ0v) is 8.04. The van der Waals surface area contributed by atoms with E-state index >= 15 is 0 Å². The maximum atomic E-state index is 11.4. The van der Waals surface area contributed by atoms with Gasteiger partial charge in [0, 0.05) is 17.8 Å². The van der Waals surface area contributed by atoms with Crippen molar-refractivity contribution in [1.29, 1.82) is 0 Å². The molecule has 0 bridgehead atoms. The highest BCUT2D eigenvalue weighted by Crippen LogP contribution is 2.03. The van der Waals surface area contributed by atoms with Gasteiger partial charge in [0.15, 0.2) is 0 Å². The number of nitrogens with one attached hydrogen (secondary N) is 2. The molecule has 0 saturated heterocycles. The Hall–Kier alpha value is -1.69. The number of carbonyl (C=O) groups excluding carboxylic acids is 1. The lowest BCUT2D eigenvalue weighted by Crippen LogP contribution is -2.22. The summed E-state index contributed by atoms with van der Waals surface area (Å²) in [5.74, 6) is -0.169. The third-order valence-electron chi connectivity index (χ3n) is 1.63. The number of thiazole rings is 1. The van der Waals surface area contributed by atoms with Gasteiger partial charge in [-0.3, -0.25) is 9.89 Å². The minimum absolute atomic E-state index is 0.169. The van der Waals surface area contributed by atoms with E-state index < -0.39 is 0 Å². The van der Waals surface area contributed by atoms with E-state index in [0.29, 0.717) is 12.2 Å². The lowest BCUT2D eigenvalue weighted by atomic mass is 10.4. The van der Waals surface area contributed by atoms with E-state index in [0.717, 1.165) is 5.01 Å². The van der Waals surface area contributed by atoms with Crippen molar-refractivity contribution in [1.82, 2.24) is 20.5 Å². The Balaban J connectivity index is 1.90. The Morgan fingerprint density at radius 3 is 3.14 bits per heavy atom. The van der Waals surface area contributed by atoms with Crippen LogP contribution in [0.3, 0.4) is 0 Å². The highest BCUT2D eigenvalue weighted by Gasteiger charge is 2.06. The Labute approximate surface area is 84.2 Å². The Kier molecular flexibility index (Phi) is 2.55. The SMILES string of the molecule is O=C(NCc1nccs1)c1ccn[nH]1. The van der Waals surface area contributed by atoms with Crippen LogP contribution in [0.4, 0.5) is 0 Å². The van der Waals surface area contributed by atoms with Gasteiger partial charge in [0.25, 0.3) is 5.91 Å². The molecular weight excluding hydrogens is 200 g/mol. The van der Waals surface area contributed by atoms with E-state index in [4.69, 9.17) is 0 Å². The molecule has 2 aromatic rings. The summed E-state index contributed by atoms with van der Waals surface area (Å²) in [6.45, 7) is 0.454. The number of hydrogen-bond donors (Lipinski definition) is 2. The fraction of sp³-hybridized carbons (Fsp3) is 0.125. The van der Waals surface area contributed by atoms with Gasteiger partial charge in [0.1, 0.15) is 10.7 Å². The Morgan fingerprint density at radius 1 is 1.57 bits per heavy atom. The first-order valence-corrected chi connectivity index (χ1v) is 4.90. The zero-order chi connectivity index (χ0) is 9.80. The molecule has 0 aliphatic rings. The number of H-pyrrole nitrogens is 1. The number of amides is 1. The second kappa shape index (κ2) is 4.01. The molecule has 2 aromatic heterocycles.